The van der Waals surface area contributed by atoms with Crippen molar-refractivity contribution in [1.82, 2.24) is 15.5 Å². The average Bonchev–Trinajstić information content (AvgIpc) is 3.20. The second-order valence-corrected chi connectivity index (χ2v) is 5.51. The van der Waals surface area contributed by atoms with Crippen LogP contribution in [0.25, 0.3) is 0 Å². The molecule has 0 radical (unpaired) electrons. The molecule has 21 heavy (non-hydrogen) atoms. The molecule has 1 aromatic heterocycles. The van der Waals surface area contributed by atoms with Gasteiger partial charge in [0.2, 0.25) is 11.8 Å². The monoisotopic (exact) mass is 285 g/mol. The van der Waals surface area contributed by atoms with Crippen molar-refractivity contribution >= 4 is 5.91 Å². The second kappa shape index (κ2) is 6.08. The Morgan fingerprint density at radius 2 is 2.14 bits per heavy atom. The highest BCUT2D eigenvalue weighted by molar-refractivity contribution is 5.72. The summed E-state index contributed by atoms with van der Waals surface area (Å²) in [6.07, 6.45) is 3.02. The highest BCUT2D eigenvalue weighted by Crippen LogP contribution is 2.45. The van der Waals surface area contributed by atoms with E-state index in [1.807, 2.05) is 18.2 Å². The van der Waals surface area contributed by atoms with Gasteiger partial charge in [-0.3, -0.25) is 4.79 Å². The normalized spacial score (nSPS) is 15.7. The van der Waals surface area contributed by atoms with E-state index in [0.29, 0.717) is 30.6 Å². The maximum atomic E-state index is 10.9. The third-order valence-corrected chi connectivity index (χ3v) is 3.72. The zero-order valence-corrected chi connectivity index (χ0v) is 12.1. The Hall–Kier alpha value is -2.17. The lowest BCUT2D eigenvalue weighted by Gasteiger charge is -2.11. The van der Waals surface area contributed by atoms with Gasteiger partial charge in [-0.1, -0.05) is 35.5 Å². The summed E-state index contributed by atoms with van der Waals surface area (Å²) in [6.45, 7) is 2.04. The topological polar surface area (TPSA) is 68.0 Å². The molecule has 0 spiro atoms. The largest absolute Gasteiger partial charge is 0.356 e. The highest BCUT2D eigenvalue weighted by atomic mass is 16.5. The second-order valence-electron chi connectivity index (χ2n) is 5.51. The molecule has 1 aliphatic carbocycles. The van der Waals surface area contributed by atoms with E-state index in [2.05, 4.69) is 27.6 Å². The van der Waals surface area contributed by atoms with Crippen LogP contribution in [0.15, 0.2) is 34.9 Å². The number of aromatic nitrogens is 2. The Labute approximate surface area is 123 Å². The molecular weight excluding hydrogens is 266 g/mol. The Kier molecular flexibility index (Phi) is 3.99. The molecule has 5 nitrogen and oxygen atoms in total. The SMILES string of the molecule is CC(=O)NCCc1noc(C(c2ccccc2)C2CC2)n1. The summed E-state index contributed by atoms with van der Waals surface area (Å²) >= 11 is 0. The van der Waals surface area contributed by atoms with E-state index in [9.17, 15) is 4.79 Å². The van der Waals surface area contributed by atoms with Gasteiger partial charge in [0.25, 0.3) is 0 Å². The smallest absolute Gasteiger partial charge is 0.234 e. The molecule has 110 valence electrons. The van der Waals surface area contributed by atoms with Crippen LogP contribution in [-0.2, 0) is 11.2 Å². The molecule has 2 aromatic rings. The van der Waals surface area contributed by atoms with Gasteiger partial charge in [-0.25, -0.2) is 0 Å². The minimum absolute atomic E-state index is 0.0427. The first-order valence-corrected chi connectivity index (χ1v) is 7.36. The van der Waals surface area contributed by atoms with Gasteiger partial charge in [0.15, 0.2) is 5.82 Å². The van der Waals surface area contributed by atoms with Crippen molar-refractivity contribution in [3.05, 3.63) is 47.6 Å². The van der Waals surface area contributed by atoms with Crippen LogP contribution in [-0.4, -0.2) is 22.6 Å². The van der Waals surface area contributed by atoms with Gasteiger partial charge in [-0.2, -0.15) is 4.98 Å². The molecule has 1 saturated carbocycles. The fourth-order valence-electron chi connectivity index (χ4n) is 2.55. The summed E-state index contributed by atoms with van der Waals surface area (Å²) in [7, 11) is 0. The lowest BCUT2D eigenvalue weighted by Crippen LogP contribution is -2.22. The molecule has 1 aromatic carbocycles. The van der Waals surface area contributed by atoms with E-state index in [1.165, 1.54) is 25.3 Å². The van der Waals surface area contributed by atoms with Crippen molar-refractivity contribution in [2.75, 3.05) is 6.54 Å². The lowest BCUT2D eigenvalue weighted by atomic mass is 9.94. The van der Waals surface area contributed by atoms with Crippen molar-refractivity contribution in [2.45, 2.75) is 32.1 Å². The highest BCUT2D eigenvalue weighted by Gasteiger charge is 2.37. The van der Waals surface area contributed by atoms with Crippen LogP contribution in [0.3, 0.4) is 0 Å². The Bertz CT molecular complexity index is 605. The number of carbonyl (C=O) groups excluding carboxylic acids is 1. The third-order valence-electron chi connectivity index (χ3n) is 3.72. The van der Waals surface area contributed by atoms with E-state index in [0.717, 1.165) is 0 Å². The summed E-state index contributed by atoms with van der Waals surface area (Å²) in [6, 6.07) is 10.3. The minimum atomic E-state index is -0.0427. The number of rotatable bonds is 6. The fraction of sp³-hybridized carbons (Fsp3) is 0.438. The molecular formula is C16H19N3O2. The van der Waals surface area contributed by atoms with Crippen molar-refractivity contribution in [3.8, 4) is 0 Å². The van der Waals surface area contributed by atoms with Crippen molar-refractivity contribution in [3.63, 3.8) is 0 Å². The Balaban J connectivity index is 1.72. The van der Waals surface area contributed by atoms with E-state index < -0.39 is 0 Å². The van der Waals surface area contributed by atoms with Gasteiger partial charge in [-0.15, -0.1) is 0 Å². The predicted octanol–water partition coefficient (Wildman–Crippen LogP) is 2.29. The van der Waals surface area contributed by atoms with Gasteiger partial charge < -0.3 is 9.84 Å². The van der Waals surface area contributed by atoms with Gasteiger partial charge in [0.05, 0.1) is 5.92 Å². The molecule has 1 aliphatic rings. The van der Waals surface area contributed by atoms with Crippen molar-refractivity contribution in [2.24, 2.45) is 5.92 Å². The molecule has 3 rings (SSSR count). The third kappa shape index (κ3) is 3.48. The van der Waals surface area contributed by atoms with E-state index in [1.54, 1.807) is 0 Å². The number of benzene rings is 1. The molecule has 1 amide bonds. The molecule has 1 fully saturated rings. The van der Waals surface area contributed by atoms with Gasteiger partial charge in [-0.05, 0) is 24.3 Å². The maximum Gasteiger partial charge on any atom is 0.234 e. The summed E-state index contributed by atoms with van der Waals surface area (Å²) in [5.74, 6) is 2.12. The molecule has 1 heterocycles. The van der Waals surface area contributed by atoms with Crippen molar-refractivity contribution in [1.29, 1.82) is 0 Å². The standard InChI is InChI=1S/C16H19N3O2/c1-11(20)17-10-9-14-18-16(21-19-14)15(13-7-8-13)12-5-3-2-4-6-12/h2-6,13,15H,7-10H2,1H3,(H,17,20). The Morgan fingerprint density at radius 3 is 2.81 bits per heavy atom. The summed E-state index contributed by atoms with van der Waals surface area (Å²) in [4.78, 5) is 15.4. The first-order chi connectivity index (χ1) is 10.2. The van der Waals surface area contributed by atoms with Gasteiger partial charge >= 0.3 is 0 Å². The zero-order valence-electron chi connectivity index (χ0n) is 12.1. The number of nitrogens with one attached hydrogen (secondary N) is 1. The van der Waals surface area contributed by atoms with Gasteiger partial charge in [0, 0.05) is 19.9 Å². The first-order valence-electron chi connectivity index (χ1n) is 7.36. The molecule has 1 unspecified atom stereocenters. The van der Waals surface area contributed by atoms with E-state index in [-0.39, 0.29) is 11.8 Å². The van der Waals surface area contributed by atoms with Crippen LogP contribution in [0, 0.1) is 5.92 Å². The van der Waals surface area contributed by atoms with Crippen LogP contribution in [0.2, 0.25) is 0 Å². The average molecular weight is 285 g/mol. The predicted molar refractivity (Wildman–Crippen MR) is 77.7 cm³/mol. The summed E-state index contributed by atoms with van der Waals surface area (Å²) in [5, 5.41) is 6.77. The zero-order chi connectivity index (χ0) is 14.7. The van der Waals surface area contributed by atoms with Crippen LogP contribution in [0.4, 0.5) is 0 Å². The number of nitrogens with zero attached hydrogens (tertiary/aromatic N) is 2. The van der Waals surface area contributed by atoms with Gasteiger partial charge in [0.1, 0.15) is 0 Å². The van der Waals surface area contributed by atoms with Crippen LogP contribution in [0.1, 0.15) is 43.0 Å². The molecule has 5 heteroatoms. The summed E-state index contributed by atoms with van der Waals surface area (Å²) < 4.78 is 5.47. The molecule has 0 bridgehead atoms. The van der Waals surface area contributed by atoms with E-state index in [4.69, 9.17) is 4.52 Å². The fourth-order valence-corrected chi connectivity index (χ4v) is 2.55. The molecule has 0 saturated heterocycles. The summed E-state index contributed by atoms with van der Waals surface area (Å²) in [5.41, 5.74) is 1.23. The van der Waals surface area contributed by atoms with Crippen LogP contribution in [0.5, 0.6) is 0 Å². The number of amides is 1. The minimum Gasteiger partial charge on any atom is -0.356 e. The molecule has 1 atom stereocenters. The van der Waals surface area contributed by atoms with Crippen molar-refractivity contribution < 1.29 is 9.32 Å². The first kappa shape index (κ1) is 13.8. The van der Waals surface area contributed by atoms with Crippen LogP contribution >= 0.6 is 0 Å². The number of hydrogen-bond donors (Lipinski definition) is 1. The van der Waals surface area contributed by atoms with Crippen LogP contribution < -0.4 is 5.32 Å². The Morgan fingerprint density at radius 1 is 1.38 bits per heavy atom. The van der Waals surface area contributed by atoms with E-state index >= 15 is 0 Å². The molecule has 1 N–H and O–H groups in total. The number of carbonyl (C=O) groups is 1. The number of hydrogen-bond acceptors (Lipinski definition) is 4. The molecule has 0 aliphatic heterocycles. The lowest BCUT2D eigenvalue weighted by molar-refractivity contribution is -0.118. The quantitative estimate of drug-likeness (QED) is 0.884. The maximum absolute atomic E-state index is 10.9.